The molecule has 130 valence electrons. The van der Waals surface area contributed by atoms with Gasteiger partial charge in [-0.3, -0.25) is 4.79 Å². The number of aryl methyl sites for hydroxylation is 1. The largest absolute Gasteiger partial charge is 0.497 e. The highest BCUT2D eigenvalue weighted by atomic mass is 16.5. The quantitative estimate of drug-likeness (QED) is 0.897. The fraction of sp³-hybridized carbons (Fsp3) is 0.650. The molecular formula is C20H28N2O2. The zero-order valence-corrected chi connectivity index (χ0v) is 14.6. The Morgan fingerprint density at radius 1 is 1.25 bits per heavy atom. The van der Waals surface area contributed by atoms with Crippen molar-refractivity contribution in [2.24, 2.45) is 0 Å². The molecule has 4 heteroatoms. The van der Waals surface area contributed by atoms with Crippen LogP contribution < -0.4 is 15.4 Å². The maximum atomic E-state index is 13.0. The molecule has 1 spiro atoms. The van der Waals surface area contributed by atoms with E-state index in [4.69, 9.17) is 4.74 Å². The van der Waals surface area contributed by atoms with Crippen LogP contribution in [0.15, 0.2) is 18.2 Å². The summed E-state index contributed by atoms with van der Waals surface area (Å²) in [6.45, 7) is 1.03. The summed E-state index contributed by atoms with van der Waals surface area (Å²) in [4.78, 5) is 13.0. The third-order valence-corrected chi connectivity index (χ3v) is 6.37. The standard InChI is InChI=1S/C20H28N2O2/c1-24-15-7-8-16-14(13-15)5-4-6-17(16)19(23)22-18-9-12-21-20(18)10-2-3-11-20/h7-8,13,17-18,21H,2-6,9-12H2,1H3,(H,22,23). The van der Waals surface area contributed by atoms with Crippen molar-refractivity contribution in [3.63, 3.8) is 0 Å². The molecule has 1 aromatic carbocycles. The summed E-state index contributed by atoms with van der Waals surface area (Å²) in [6.07, 6.45) is 9.12. The number of fused-ring (bicyclic) bond motifs is 1. The van der Waals surface area contributed by atoms with Crippen LogP contribution in [-0.2, 0) is 11.2 Å². The molecule has 4 nitrogen and oxygen atoms in total. The number of carbonyl (C=O) groups is 1. The second kappa shape index (κ2) is 6.40. The summed E-state index contributed by atoms with van der Waals surface area (Å²) in [5.74, 6) is 1.11. The van der Waals surface area contributed by atoms with E-state index in [1.807, 2.05) is 6.07 Å². The van der Waals surface area contributed by atoms with Crippen LogP contribution in [-0.4, -0.2) is 31.1 Å². The van der Waals surface area contributed by atoms with E-state index in [2.05, 4.69) is 22.8 Å². The fourth-order valence-corrected chi connectivity index (χ4v) is 5.07. The first-order valence-electron chi connectivity index (χ1n) is 9.44. The highest BCUT2D eigenvalue weighted by Crippen LogP contribution is 2.38. The van der Waals surface area contributed by atoms with E-state index in [9.17, 15) is 4.79 Å². The van der Waals surface area contributed by atoms with Crippen molar-refractivity contribution in [2.45, 2.75) is 68.9 Å². The topological polar surface area (TPSA) is 50.4 Å². The SMILES string of the molecule is COc1ccc2c(c1)CCCC2C(=O)NC1CCNC12CCCC2. The molecule has 1 heterocycles. The predicted molar refractivity (Wildman–Crippen MR) is 94.4 cm³/mol. The van der Waals surface area contributed by atoms with Gasteiger partial charge in [-0.15, -0.1) is 0 Å². The zero-order valence-electron chi connectivity index (χ0n) is 14.6. The van der Waals surface area contributed by atoms with E-state index in [-0.39, 0.29) is 17.4 Å². The van der Waals surface area contributed by atoms with E-state index in [0.29, 0.717) is 6.04 Å². The van der Waals surface area contributed by atoms with Crippen LogP contribution in [0, 0.1) is 0 Å². The molecule has 1 aromatic rings. The number of rotatable bonds is 3. The molecule has 2 aliphatic carbocycles. The van der Waals surface area contributed by atoms with Gasteiger partial charge >= 0.3 is 0 Å². The van der Waals surface area contributed by atoms with Crippen molar-refractivity contribution in [3.8, 4) is 5.75 Å². The minimum atomic E-state index is -0.00120. The van der Waals surface area contributed by atoms with Crippen molar-refractivity contribution < 1.29 is 9.53 Å². The lowest BCUT2D eigenvalue weighted by Crippen LogP contribution is -2.54. The number of hydrogen-bond acceptors (Lipinski definition) is 3. The van der Waals surface area contributed by atoms with Crippen LogP contribution in [0.4, 0.5) is 0 Å². The van der Waals surface area contributed by atoms with Gasteiger partial charge in [-0.05, 0) is 68.3 Å². The highest BCUT2D eigenvalue weighted by Gasteiger charge is 2.45. The average Bonchev–Trinajstić information content (AvgIpc) is 3.24. The van der Waals surface area contributed by atoms with Gasteiger partial charge in [-0.1, -0.05) is 18.9 Å². The molecule has 1 saturated carbocycles. The van der Waals surface area contributed by atoms with Gasteiger partial charge < -0.3 is 15.4 Å². The first kappa shape index (κ1) is 15.9. The molecule has 0 bridgehead atoms. The summed E-state index contributed by atoms with van der Waals surface area (Å²) >= 11 is 0. The van der Waals surface area contributed by atoms with Gasteiger partial charge in [0.05, 0.1) is 13.0 Å². The summed E-state index contributed by atoms with van der Waals surface area (Å²) in [5, 5.41) is 7.11. The van der Waals surface area contributed by atoms with Crippen molar-refractivity contribution in [2.75, 3.05) is 13.7 Å². The maximum absolute atomic E-state index is 13.0. The molecule has 0 aromatic heterocycles. The minimum absolute atomic E-state index is 0.00120. The number of methoxy groups -OCH3 is 1. The molecule has 2 unspecified atom stereocenters. The van der Waals surface area contributed by atoms with Gasteiger partial charge in [0.2, 0.25) is 5.91 Å². The molecule has 1 saturated heterocycles. The predicted octanol–water partition coefficient (Wildman–Crippen LogP) is 2.91. The Labute approximate surface area is 144 Å². The highest BCUT2D eigenvalue weighted by molar-refractivity contribution is 5.85. The molecule has 2 N–H and O–H groups in total. The van der Waals surface area contributed by atoms with Crippen LogP contribution in [0.5, 0.6) is 5.75 Å². The van der Waals surface area contributed by atoms with Crippen LogP contribution in [0.3, 0.4) is 0 Å². The van der Waals surface area contributed by atoms with Crippen LogP contribution >= 0.6 is 0 Å². The lowest BCUT2D eigenvalue weighted by molar-refractivity contribution is -0.124. The van der Waals surface area contributed by atoms with Crippen molar-refractivity contribution in [3.05, 3.63) is 29.3 Å². The molecule has 4 rings (SSSR count). The monoisotopic (exact) mass is 328 g/mol. The maximum Gasteiger partial charge on any atom is 0.227 e. The van der Waals surface area contributed by atoms with Gasteiger partial charge in [0.1, 0.15) is 5.75 Å². The minimum Gasteiger partial charge on any atom is -0.497 e. The normalized spacial score (nSPS) is 27.9. The third kappa shape index (κ3) is 2.71. The first-order chi connectivity index (χ1) is 11.7. The molecule has 2 fully saturated rings. The number of benzene rings is 1. The Bertz CT molecular complexity index is 617. The van der Waals surface area contributed by atoms with E-state index < -0.39 is 0 Å². The van der Waals surface area contributed by atoms with Crippen LogP contribution in [0.1, 0.15) is 62.0 Å². The Hall–Kier alpha value is -1.55. The molecule has 1 aliphatic heterocycles. The second-order valence-electron chi connectivity index (χ2n) is 7.65. The van der Waals surface area contributed by atoms with Gasteiger partial charge in [-0.2, -0.15) is 0 Å². The lowest BCUT2D eigenvalue weighted by atomic mass is 9.81. The molecular weight excluding hydrogens is 300 g/mol. The number of nitrogens with one attached hydrogen (secondary N) is 2. The van der Waals surface area contributed by atoms with E-state index in [1.54, 1.807) is 7.11 Å². The first-order valence-corrected chi connectivity index (χ1v) is 9.44. The van der Waals surface area contributed by atoms with Gasteiger partial charge in [0, 0.05) is 11.6 Å². The lowest BCUT2D eigenvalue weighted by Gasteiger charge is -2.34. The molecule has 0 radical (unpaired) electrons. The molecule has 1 amide bonds. The molecule has 3 aliphatic rings. The second-order valence-corrected chi connectivity index (χ2v) is 7.65. The van der Waals surface area contributed by atoms with Gasteiger partial charge in [0.25, 0.3) is 0 Å². The number of ether oxygens (including phenoxy) is 1. The summed E-state index contributed by atoms with van der Waals surface area (Å²) in [5.41, 5.74) is 2.65. The van der Waals surface area contributed by atoms with Crippen LogP contribution in [0.25, 0.3) is 0 Å². The Morgan fingerprint density at radius 3 is 2.88 bits per heavy atom. The third-order valence-electron chi connectivity index (χ3n) is 6.37. The van der Waals surface area contributed by atoms with Gasteiger partial charge in [-0.25, -0.2) is 0 Å². The number of carbonyl (C=O) groups excluding carboxylic acids is 1. The van der Waals surface area contributed by atoms with E-state index in [1.165, 1.54) is 36.8 Å². The number of hydrogen-bond donors (Lipinski definition) is 2. The smallest absolute Gasteiger partial charge is 0.227 e. The molecule has 2 atom stereocenters. The van der Waals surface area contributed by atoms with E-state index in [0.717, 1.165) is 38.0 Å². The average molecular weight is 328 g/mol. The Morgan fingerprint density at radius 2 is 2.08 bits per heavy atom. The molecule has 24 heavy (non-hydrogen) atoms. The fourth-order valence-electron chi connectivity index (χ4n) is 5.07. The summed E-state index contributed by atoms with van der Waals surface area (Å²) < 4.78 is 5.34. The van der Waals surface area contributed by atoms with Gasteiger partial charge in [0.15, 0.2) is 0 Å². The number of amides is 1. The summed E-state index contributed by atoms with van der Waals surface area (Å²) in [7, 11) is 1.70. The Kier molecular flexibility index (Phi) is 4.25. The summed E-state index contributed by atoms with van der Waals surface area (Å²) in [6, 6.07) is 6.48. The van der Waals surface area contributed by atoms with Crippen molar-refractivity contribution in [1.29, 1.82) is 0 Å². The zero-order chi connectivity index (χ0) is 16.6. The van der Waals surface area contributed by atoms with Crippen LogP contribution in [0.2, 0.25) is 0 Å². The van der Waals surface area contributed by atoms with E-state index >= 15 is 0 Å². The van der Waals surface area contributed by atoms with Crippen molar-refractivity contribution >= 4 is 5.91 Å². The van der Waals surface area contributed by atoms with Crippen molar-refractivity contribution in [1.82, 2.24) is 10.6 Å². The Balaban J connectivity index is 1.51.